The molecule has 8 aromatic carbocycles. The first kappa shape index (κ1) is 59.0. The molecule has 0 amide bonds. The first-order valence-corrected chi connectivity index (χ1v) is 31.5. The van der Waals surface area contributed by atoms with Crippen LogP contribution in [-0.2, 0) is 0 Å². The van der Waals surface area contributed by atoms with Crippen molar-refractivity contribution in [3.8, 4) is 0 Å². The van der Waals surface area contributed by atoms with Crippen LogP contribution in [0.4, 0.5) is 85.8 Å². The minimum atomic E-state index is -0.418. The van der Waals surface area contributed by atoms with Crippen LogP contribution in [0, 0.1) is 78.7 Å². The van der Waals surface area contributed by atoms with Gasteiger partial charge in [0.15, 0.2) is 22.6 Å². The molecule has 0 fully saturated rings. The Balaban J connectivity index is 1.15. The normalized spacial score (nSPS) is 11.8. The van der Waals surface area contributed by atoms with E-state index in [9.17, 15) is 0 Å². The van der Waals surface area contributed by atoms with Crippen LogP contribution in [0.25, 0.3) is 76.5 Å². The molecule has 96 heavy (non-hydrogen) atoms. The molecule has 16 heteroatoms. The fraction of sp³-hybridized carbons (Fsp3) is 0.100. The summed E-state index contributed by atoms with van der Waals surface area (Å²) in [6, 6.07) is 54.4. The topological polar surface area (TPSA) is 116 Å². The zero-order chi connectivity index (χ0) is 65.9. The molecule has 0 radical (unpaired) electrons. The number of benzene rings is 8. The highest BCUT2D eigenvalue weighted by atomic mass is 19.1. The van der Waals surface area contributed by atoms with Gasteiger partial charge >= 0.3 is 0 Å². The molecular formula is C80H58F4N12. The van der Waals surface area contributed by atoms with Crippen LogP contribution in [-0.4, -0.2) is 39.9 Å². The lowest BCUT2D eigenvalue weighted by Crippen LogP contribution is -2.19. The molecule has 8 heterocycles. The molecule has 0 aliphatic heterocycles. The van der Waals surface area contributed by atoms with Gasteiger partial charge in [0.25, 0.3) is 0 Å². The fourth-order valence-electron chi connectivity index (χ4n) is 14.5. The Morgan fingerprint density at radius 2 is 0.458 bits per heavy atom. The van der Waals surface area contributed by atoms with Crippen LogP contribution >= 0.6 is 0 Å². The quantitative estimate of drug-likeness (QED) is 0.0856. The molecule has 0 saturated carbocycles. The third-order valence-corrected chi connectivity index (χ3v) is 18.7. The van der Waals surface area contributed by atoms with Gasteiger partial charge in [0, 0.05) is 101 Å². The summed E-state index contributed by atoms with van der Waals surface area (Å²) in [5, 5.41) is 8.05. The average molecular weight is 1260 g/mol. The highest BCUT2D eigenvalue weighted by molar-refractivity contribution is 6.33. The number of aryl methyl sites for hydroxylation is 8. The molecule has 0 N–H and O–H groups in total. The summed E-state index contributed by atoms with van der Waals surface area (Å²) >= 11 is 0. The Morgan fingerprint density at radius 3 is 0.667 bits per heavy atom. The van der Waals surface area contributed by atoms with E-state index < -0.39 is 23.3 Å². The van der Waals surface area contributed by atoms with E-state index in [4.69, 9.17) is 39.9 Å². The van der Waals surface area contributed by atoms with Crippen LogP contribution in [0.5, 0.6) is 0 Å². The van der Waals surface area contributed by atoms with Crippen molar-refractivity contribution in [3.63, 3.8) is 0 Å². The minimum Gasteiger partial charge on any atom is -0.308 e. The summed E-state index contributed by atoms with van der Waals surface area (Å²) in [5.41, 5.74) is 16.6. The number of hydrogen-bond acceptors (Lipinski definition) is 12. The molecule has 466 valence electrons. The maximum absolute atomic E-state index is 15.7. The Bertz CT molecular complexity index is 5120. The van der Waals surface area contributed by atoms with Crippen molar-refractivity contribution < 1.29 is 17.6 Å². The van der Waals surface area contributed by atoms with E-state index in [0.717, 1.165) is 98.9 Å². The molecule has 0 saturated heterocycles. The third-order valence-electron chi connectivity index (χ3n) is 18.7. The number of anilines is 12. The Kier molecular flexibility index (Phi) is 14.1. The average Bonchev–Trinajstić information content (AvgIpc) is 0.697. The lowest BCUT2D eigenvalue weighted by molar-refractivity contribution is 0.627. The predicted octanol–water partition coefficient (Wildman–Crippen LogP) is 21.3. The maximum atomic E-state index is 15.7. The van der Waals surface area contributed by atoms with Gasteiger partial charge in [-0.3, -0.25) is 0 Å². The van der Waals surface area contributed by atoms with Crippen molar-refractivity contribution in [3.05, 3.63) is 275 Å². The summed E-state index contributed by atoms with van der Waals surface area (Å²) in [7, 11) is 0. The van der Waals surface area contributed by atoms with Gasteiger partial charge in [-0.05, 0) is 235 Å². The summed E-state index contributed by atoms with van der Waals surface area (Å²) < 4.78 is 62.6. The number of pyridine rings is 8. The van der Waals surface area contributed by atoms with E-state index in [-0.39, 0.29) is 0 Å². The van der Waals surface area contributed by atoms with Crippen molar-refractivity contribution in [2.24, 2.45) is 0 Å². The molecule has 0 spiro atoms. The standard InChI is InChI=1S/C80H58F4N12/c1-43-59-13-9-37-85-77(59)89-47(5)73(43)93(55-25-17-51(81)18-26-55)67-41-68(94(56-27-19-52(82)20-28-56)74-44(2)60-14-10-38-86-78(60)90-48(74)6)64-35-36-66-70(96(58-31-23-54(84)24-32-58)76-46(4)62-16-12-40-88-80(62)92-50(76)8)42-69(65-34-33-63(67)71(64)72(65)66)95(57-29-21-53(83)22-30-57)75-45(3)61-15-11-39-87-79(61)91-49(75)7/h9-42H,1-8H3. The van der Waals surface area contributed by atoms with Crippen molar-refractivity contribution in [2.45, 2.75) is 55.4 Å². The second kappa shape index (κ2) is 22.9. The van der Waals surface area contributed by atoms with Gasteiger partial charge in [0.1, 0.15) is 23.3 Å². The molecular weight excluding hydrogens is 1200 g/mol. The minimum absolute atomic E-state index is 0.418. The first-order valence-electron chi connectivity index (χ1n) is 31.5. The summed E-state index contributed by atoms with van der Waals surface area (Å²) in [6.07, 6.45) is 6.92. The molecule has 0 atom stereocenters. The summed E-state index contributed by atoms with van der Waals surface area (Å²) in [5.74, 6) is -1.67. The first-order chi connectivity index (χ1) is 46.6. The third kappa shape index (κ3) is 9.49. The zero-order valence-electron chi connectivity index (χ0n) is 53.5. The molecule has 16 rings (SSSR count). The van der Waals surface area contributed by atoms with E-state index in [0.29, 0.717) is 90.9 Å². The van der Waals surface area contributed by atoms with Crippen molar-refractivity contribution >= 4 is 145 Å². The van der Waals surface area contributed by atoms with Gasteiger partial charge in [-0.25, -0.2) is 57.4 Å². The molecule has 0 unspecified atom stereocenters. The van der Waals surface area contributed by atoms with Crippen LogP contribution in [0.3, 0.4) is 0 Å². The number of aromatic nitrogens is 8. The van der Waals surface area contributed by atoms with E-state index in [1.165, 1.54) is 48.5 Å². The lowest BCUT2D eigenvalue weighted by atomic mass is 9.88. The van der Waals surface area contributed by atoms with E-state index in [1.54, 1.807) is 73.3 Å². The largest absolute Gasteiger partial charge is 0.308 e. The van der Waals surface area contributed by atoms with Crippen molar-refractivity contribution in [1.29, 1.82) is 0 Å². The highest BCUT2D eigenvalue weighted by Crippen LogP contribution is 2.57. The van der Waals surface area contributed by atoms with E-state index >= 15 is 17.6 Å². The highest BCUT2D eigenvalue weighted by Gasteiger charge is 2.33. The Labute approximate surface area is 549 Å². The Morgan fingerprint density at radius 1 is 0.250 bits per heavy atom. The van der Waals surface area contributed by atoms with Crippen molar-refractivity contribution in [2.75, 3.05) is 19.6 Å². The summed E-state index contributed by atoms with van der Waals surface area (Å²) in [6.45, 7) is 16.1. The predicted molar refractivity (Wildman–Crippen MR) is 379 cm³/mol. The van der Waals surface area contributed by atoms with Gasteiger partial charge in [-0.2, -0.15) is 0 Å². The number of rotatable bonds is 12. The van der Waals surface area contributed by atoms with E-state index in [2.05, 4.69) is 83.7 Å². The lowest BCUT2D eigenvalue weighted by Gasteiger charge is -2.36. The van der Waals surface area contributed by atoms with Crippen LogP contribution in [0.1, 0.15) is 45.0 Å². The SMILES string of the molecule is Cc1nc2ncccc2c(C)c1N(c1ccc(F)cc1)c1cc(N(c2ccc(F)cc2)c2c(C)nc3ncccc3c2C)c2ccc3c(N(c4ccc(F)cc4)c4c(C)nc5ncccc5c4C)cc(N(c4ccc(F)cc4)c4c(C)nc5ncccc5c4C)c4ccc1c2c43. The molecule has 12 nitrogen and oxygen atoms in total. The second-order valence-corrected chi connectivity index (χ2v) is 24.3. The molecule has 0 bridgehead atoms. The van der Waals surface area contributed by atoms with Crippen LogP contribution in [0.2, 0.25) is 0 Å². The number of nitrogens with zero attached hydrogens (tertiary/aromatic N) is 12. The zero-order valence-corrected chi connectivity index (χ0v) is 53.5. The number of hydrogen-bond donors (Lipinski definition) is 0. The van der Waals surface area contributed by atoms with Gasteiger partial charge in [-0.1, -0.05) is 24.3 Å². The molecule has 0 aliphatic rings. The Hall–Kier alpha value is -12.0. The van der Waals surface area contributed by atoms with Gasteiger partial charge in [0.05, 0.1) is 68.3 Å². The monoisotopic (exact) mass is 1260 g/mol. The fourth-order valence-corrected chi connectivity index (χ4v) is 14.5. The maximum Gasteiger partial charge on any atom is 0.159 e. The second-order valence-electron chi connectivity index (χ2n) is 24.3. The van der Waals surface area contributed by atoms with Gasteiger partial charge in [-0.15, -0.1) is 0 Å². The smallest absolute Gasteiger partial charge is 0.159 e. The van der Waals surface area contributed by atoms with Gasteiger partial charge in [0.2, 0.25) is 0 Å². The van der Waals surface area contributed by atoms with Crippen LogP contribution in [0.15, 0.2) is 207 Å². The number of fused-ring (bicyclic) bond motifs is 4. The molecule has 0 aliphatic carbocycles. The number of halogens is 4. The molecule has 8 aromatic heterocycles. The molecule has 16 aromatic rings. The van der Waals surface area contributed by atoms with E-state index in [1.807, 2.05) is 76.2 Å². The van der Waals surface area contributed by atoms with Crippen LogP contribution < -0.4 is 19.6 Å². The summed E-state index contributed by atoms with van der Waals surface area (Å²) in [4.78, 5) is 48.3. The van der Waals surface area contributed by atoms with Crippen molar-refractivity contribution in [1.82, 2.24) is 39.9 Å². The van der Waals surface area contributed by atoms with Gasteiger partial charge < -0.3 is 19.6 Å².